The van der Waals surface area contributed by atoms with Gasteiger partial charge in [-0.1, -0.05) is 11.6 Å². The number of aromatic amines is 1. The van der Waals surface area contributed by atoms with Crippen molar-refractivity contribution in [2.45, 2.75) is 11.9 Å². The van der Waals surface area contributed by atoms with Crippen LogP contribution in [0.5, 0.6) is 0 Å². The van der Waals surface area contributed by atoms with E-state index in [1.165, 1.54) is 6.20 Å². The Hall–Kier alpha value is -2.12. The van der Waals surface area contributed by atoms with Crippen molar-refractivity contribution in [2.75, 3.05) is 4.72 Å². The number of rotatable bonds is 3. The highest BCUT2D eigenvalue weighted by atomic mass is 35.5. The molecule has 21 heavy (non-hydrogen) atoms. The predicted molar refractivity (Wildman–Crippen MR) is 80.9 cm³/mol. The second kappa shape index (κ2) is 5.01. The van der Waals surface area contributed by atoms with Crippen LogP contribution >= 0.6 is 11.6 Å². The van der Waals surface area contributed by atoms with Crippen molar-refractivity contribution in [1.82, 2.24) is 15.0 Å². The van der Waals surface area contributed by atoms with Crippen molar-refractivity contribution in [3.63, 3.8) is 0 Å². The lowest BCUT2D eigenvalue weighted by Gasteiger charge is -2.09. The van der Waals surface area contributed by atoms with Gasteiger partial charge in [-0.05, 0) is 31.2 Å². The van der Waals surface area contributed by atoms with Gasteiger partial charge in [0, 0.05) is 11.6 Å². The zero-order valence-corrected chi connectivity index (χ0v) is 12.5. The van der Waals surface area contributed by atoms with E-state index in [0.29, 0.717) is 27.4 Å². The Kier molecular flexibility index (Phi) is 3.30. The largest absolute Gasteiger partial charge is 0.332 e. The molecule has 0 spiro atoms. The number of hydrogen-bond donors (Lipinski definition) is 2. The maximum atomic E-state index is 12.3. The summed E-state index contributed by atoms with van der Waals surface area (Å²) in [6.45, 7) is 1.68. The summed E-state index contributed by atoms with van der Waals surface area (Å²) in [5, 5.41) is 1.19. The number of aryl methyl sites for hydroxylation is 1. The van der Waals surface area contributed by atoms with Gasteiger partial charge in [0.05, 0.1) is 22.4 Å². The molecule has 0 aliphatic carbocycles. The van der Waals surface area contributed by atoms with Crippen LogP contribution in [0.15, 0.2) is 41.7 Å². The molecule has 0 saturated heterocycles. The van der Waals surface area contributed by atoms with E-state index in [0.717, 1.165) is 0 Å². The Morgan fingerprint density at radius 3 is 2.76 bits per heavy atom. The number of imidazole rings is 1. The topological polar surface area (TPSA) is 87.7 Å². The fourth-order valence-corrected chi connectivity index (χ4v) is 3.21. The number of benzene rings is 1. The van der Waals surface area contributed by atoms with Crippen LogP contribution in [0.1, 0.15) is 5.82 Å². The zero-order valence-electron chi connectivity index (χ0n) is 11.0. The van der Waals surface area contributed by atoms with Crippen molar-refractivity contribution < 1.29 is 8.42 Å². The first-order chi connectivity index (χ1) is 9.97. The number of hydrogen-bond acceptors (Lipinski definition) is 4. The van der Waals surface area contributed by atoms with E-state index in [4.69, 9.17) is 11.6 Å². The molecule has 0 radical (unpaired) electrons. The minimum atomic E-state index is -3.75. The summed E-state index contributed by atoms with van der Waals surface area (Å²) >= 11 is 6.09. The van der Waals surface area contributed by atoms with Crippen molar-refractivity contribution in [3.05, 3.63) is 47.5 Å². The predicted octanol–water partition coefficient (Wildman–Crippen LogP) is 2.72. The molecule has 3 aromatic rings. The molecular formula is C13H11ClN4O2S. The van der Waals surface area contributed by atoms with Gasteiger partial charge >= 0.3 is 0 Å². The molecule has 2 N–H and O–H groups in total. The average molecular weight is 323 g/mol. The molecular weight excluding hydrogens is 312 g/mol. The van der Waals surface area contributed by atoms with Crippen molar-refractivity contribution in [2.24, 2.45) is 0 Å². The number of anilines is 1. The first kappa shape index (κ1) is 13.8. The molecule has 108 valence electrons. The van der Waals surface area contributed by atoms with E-state index in [1.54, 1.807) is 37.4 Å². The van der Waals surface area contributed by atoms with Crippen LogP contribution in [-0.4, -0.2) is 23.4 Å². The Morgan fingerprint density at radius 1 is 1.24 bits per heavy atom. The number of fused-ring (bicyclic) bond motifs is 1. The second-order valence-corrected chi connectivity index (χ2v) is 6.49. The van der Waals surface area contributed by atoms with E-state index in [-0.39, 0.29) is 5.03 Å². The van der Waals surface area contributed by atoms with Crippen LogP contribution < -0.4 is 4.72 Å². The molecule has 0 aliphatic rings. The lowest BCUT2D eigenvalue weighted by Crippen LogP contribution is -2.14. The first-order valence-corrected chi connectivity index (χ1v) is 7.91. The second-order valence-electron chi connectivity index (χ2n) is 4.43. The molecule has 2 aromatic heterocycles. The van der Waals surface area contributed by atoms with Gasteiger partial charge in [-0.15, -0.1) is 0 Å². The van der Waals surface area contributed by atoms with Crippen molar-refractivity contribution in [3.8, 4) is 0 Å². The number of pyridine rings is 1. The highest BCUT2D eigenvalue weighted by molar-refractivity contribution is 7.92. The van der Waals surface area contributed by atoms with E-state index in [2.05, 4.69) is 19.7 Å². The molecule has 0 amide bonds. The van der Waals surface area contributed by atoms with Crippen molar-refractivity contribution in [1.29, 1.82) is 0 Å². The fourth-order valence-electron chi connectivity index (χ4n) is 1.95. The van der Waals surface area contributed by atoms with Gasteiger partial charge in [-0.25, -0.2) is 4.98 Å². The van der Waals surface area contributed by atoms with Crippen LogP contribution in [0.4, 0.5) is 5.69 Å². The highest BCUT2D eigenvalue weighted by Crippen LogP contribution is 2.29. The maximum Gasteiger partial charge on any atom is 0.279 e. The van der Waals surface area contributed by atoms with Crippen molar-refractivity contribution >= 4 is 38.2 Å². The standard InChI is InChI=1S/C13H11ClN4O2S/c1-8-16-7-12(17-8)21(19,20)18-11-5-4-10(14)9-3-2-6-15-13(9)11/h2-7,18H,1H3,(H,16,17). The minimum Gasteiger partial charge on any atom is -0.332 e. The van der Waals surface area contributed by atoms with Crippen LogP contribution in [0.25, 0.3) is 10.9 Å². The summed E-state index contributed by atoms with van der Waals surface area (Å²) < 4.78 is 27.1. The van der Waals surface area contributed by atoms with Crippen LogP contribution in [0.3, 0.4) is 0 Å². The maximum absolute atomic E-state index is 12.3. The summed E-state index contributed by atoms with van der Waals surface area (Å²) in [6.07, 6.45) is 2.85. The molecule has 3 rings (SSSR count). The van der Waals surface area contributed by atoms with Crippen LogP contribution in [0.2, 0.25) is 5.02 Å². The minimum absolute atomic E-state index is 0.000897. The van der Waals surface area contributed by atoms with Gasteiger partial charge in [-0.2, -0.15) is 8.42 Å². The highest BCUT2D eigenvalue weighted by Gasteiger charge is 2.18. The number of nitrogens with one attached hydrogen (secondary N) is 2. The molecule has 1 aromatic carbocycles. The Balaban J connectivity index is 2.08. The van der Waals surface area contributed by atoms with E-state index in [1.807, 2.05) is 0 Å². The fraction of sp³-hybridized carbons (Fsp3) is 0.0769. The molecule has 0 fully saturated rings. The third-order valence-corrected chi connectivity index (χ3v) is 4.53. The summed E-state index contributed by atoms with van der Waals surface area (Å²) in [7, 11) is -3.75. The molecule has 0 atom stereocenters. The third-order valence-electron chi connectivity index (χ3n) is 2.93. The third kappa shape index (κ3) is 2.57. The van der Waals surface area contributed by atoms with Gasteiger partial charge in [0.25, 0.3) is 10.0 Å². The quantitative estimate of drug-likeness (QED) is 0.776. The van der Waals surface area contributed by atoms with E-state index < -0.39 is 10.0 Å². The van der Waals surface area contributed by atoms with Crippen LogP contribution in [-0.2, 0) is 10.0 Å². The average Bonchev–Trinajstić information content (AvgIpc) is 2.90. The molecule has 2 heterocycles. The van der Waals surface area contributed by atoms with Crippen LogP contribution in [0, 0.1) is 6.92 Å². The SMILES string of the molecule is Cc1ncc(S(=O)(=O)Nc2ccc(Cl)c3cccnc23)[nH]1. The summed E-state index contributed by atoms with van der Waals surface area (Å²) in [6, 6.07) is 6.73. The van der Waals surface area contributed by atoms with E-state index >= 15 is 0 Å². The normalized spacial score (nSPS) is 11.7. The zero-order chi connectivity index (χ0) is 15.0. The van der Waals surface area contributed by atoms with E-state index in [9.17, 15) is 8.42 Å². The van der Waals surface area contributed by atoms with Gasteiger partial charge in [0.2, 0.25) is 0 Å². The van der Waals surface area contributed by atoms with Gasteiger partial charge in [0.15, 0.2) is 5.03 Å². The monoisotopic (exact) mass is 322 g/mol. The molecule has 0 bridgehead atoms. The Labute approximate surface area is 126 Å². The Morgan fingerprint density at radius 2 is 2.05 bits per heavy atom. The summed E-state index contributed by atoms with van der Waals surface area (Å²) in [5.74, 6) is 0.523. The number of nitrogens with zero attached hydrogens (tertiary/aromatic N) is 2. The molecule has 0 saturated carbocycles. The Bertz CT molecular complexity index is 921. The number of sulfonamides is 1. The lowest BCUT2D eigenvalue weighted by atomic mass is 10.2. The molecule has 8 heteroatoms. The number of aromatic nitrogens is 3. The molecule has 0 aliphatic heterocycles. The summed E-state index contributed by atoms with van der Waals surface area (Å²) in [5.41, 5.74) is 0.854. The van der Waals surface area contributed by atoms with Gasteiger partial charge in [-0.3, -0.25) is 9.71 Å². The number of halogens is 1. The molecule has 0 unspecified atom stereocenters. The summed E-state index contributed by atoms with van der Waals surface area (Å²) in [4.78, 5) is 10.8. The smallest absolute Gasteiger partial charge is 0.279 e. The lowest BCUT2D eigenvalue weighted by molar-refractivity contribution is 0.598. The number of H-pyrrole nitrogens is 1. The first-order valence-electron chi connectivity index (χ1n) is 6.05. The molecule has 6 nitrogen and oxygen atoms in total. The van der Waals surface area contributed by atoms with Gasteiger partial charge in [0.1, 0.15) is 5.82 Å². The van der Waals surface area contributed by atoms with Gasteiger partial charge < -0.3 is 4.98 Å².